The number of nitrogens with two attached hydrogens (primary N) is 1. The van der Waals surface area contributed by atoms with E-state index in [-0.39, 0.29) is 12.2 Å². The monoisotopic (exact) mass is 250 g/mol. The Labute approximate surface area is 109 Å². The molecule has 0 amide bonds. The summed E-state index contributed by atoms with van der Waals surface area (Å²) in [5.41, 5.74) is 7.88. The Morgan fingerprint density at radius 3 is 2.33 bits per heavy atom. The average Bonchev–Trinajstić information content (AvgIpc) is 2.81. The van der Waals surface area contributed by atoms with Crippen LogP contribution in [-0.4, -0.2) is 44.4 Å². The van der Waals surface area contributed by atoms with Gasteiger partial charge in [0.15, 0.2) is 0 Å². The largest absolute Gasteiger partial charge is 0.399 e. The molecule has 3 atom stereocenters. The molecule has 18 heavy (non-hydrogen) atoms. The second-order valence-corrected chi connectivity index (χ2v) is 4.85. The zero-order valence-electron chi connectivity index (χ0n) is 11.3. The lowest BCUT2D eigenvalue weighted by atomic mass is 10.1. The van der Waals surface area contributed by atoms with Crippen molar-refractivity contribution in [2.24, 2.45) is 0 Å². The maximum absolute atomic E-state index is 5.83. The van der Waals surface area contributed by atoms with E-state index in [0.717, 1.165) is 18.8 Å². The smallest absolute Gasteiger partial charge is 0.0972 e. The first-order valence-corrected chi connectivity index (χ1v) is 6.30. The number of benzene rings is 1. The van der Waals surface area contributed by atoms with Gasteiger partial charge in [-0.1, -0.05) is 12.1 Å². The number of ether oxygens (including phenoxy) is 2. The molecule has 0 spiro atoms. The molecule has 2 rings (SSSR count). The van der Waals surface area contributed by atoms with Crippen LogP contribution < -0.4 is 5.73 Å². The van der Waals surface area contributed by atoms with Crippen molar-refractivity contribution in [2.45, 2.75) is 25.2 Å². The molecule has 100 valence electrons. The van der Waals surface area contributed by atoms with E-state index in [4.69, 9.17) is 15.2 Å². The normalized spacial score (nSPS) is 26.4. The number of nitrogens with zero attached hydrogens (tertiary/aromatic N) is 1. The van der Waals surface area contributed by atoms with E-state index in [9.17, 15) is 0 Å². The summed E-state index contributed by atoms with van der Waals surface area (Å²) in [7, 11) is 3.48. The molecular formula is C14H22N2O2. The van der Waals surface area contributed by atoms with Gasteiger partial charge in [-0.2, -0.15) is 0 Å². The van der Waals surface area contributed by atoms with E-state index in [1.54, 1.807) is 14.2 Å². The van der Waals surface area contributed by atoms with E-state index in [1.165, 1.54) is 5.56 Å². The molecule has 0 radical (unpaired) electrons. The Morgan fingerprint density at radius 2 is 1.83 bits per heavy atom. The summed E-state index contributed by atoms with van der Waals surface area (Å²) in [4.78, 5) is 2.37. The Balaban J connectivity index is 2.08. The van der Waals surface area contributed by atoms with Gasteiger partial charge in [0.1, 0.15) is 0 Å². The van der Waals surface area contributed by atoms with Crippen LogP contribution in [0.5, 0.6) is 0 Å². The zero-order chi connectivity index (χ0) is 13.1. The molecule has 3 unspecified atom stereocenters. The van der Waals surface area contributed by atoms with Crippen LogP contribution in [0.2, 0.25) is 0 Å². The molecule has 0 saturated carbocycles. The molecular weight excluding hydrogens is 228 g/mol. The number of likely N-dealkylation sites (tertiary alicyclic amines) is 1. The van der Waals surface area contributed by atoms with Crippen molar-refractivity contribution in [1.29, 1.82) is 0 Å². The molecule has 0 aromatic heterocycles. The van der Waals surface area contributed by atoms with Gasteiger partial charge in [-0.3, -0.25) is 4.90 Å². The summed E-state index contributed by atoms with van der Waals surface area (Å²) in [5, 5.41) is 0. The Kier molecular flexibility index (Phi) is 4.22. The predicted octanol–water partition coefficient (Wildman–Crippen LogP) is 1.68. The molecule has 2 N–H and O–H groups in total. The first-order valence-electron chi connectivity index (χ1n) is 6.30. The third-order valence-corrected chi connectivity index (χ3v) is 3.79. The number of rotatable bonds is 4. The molecule has 1 saturated heterocycles. The fraction of sp³-hybridized carbons (Fsp3) is 0.571. The van der Waals surface area contributed by atoms with Gasteiger partial charge in [-0.15, -0.1) is 0 Å². The van der Waals surface area contributed by atoms with Gasteiger partial charge < -0.3 is 15.2 Å². The molecule has 0 aliphatic carbocycles. The van der Waals surface area contributed by atoms with Gasteiger partial charge >= 0.3 is 0 Å². The summed E-state index contributed by atoms with van der Waals surface area (Å²) in [6.07, 6.45) is 0.303. The predicted molar refractivity (Wildman–Crippen MR) is 72.4 cm³/mol. The minimum atomic E-state index is 0.151. The van der Waals surface area contributed by atoms with Crippen molar-refractivity contribution in [2.75, 3.05) is 33.0 Å². The summed E-state index contributed by atoms with van der Waals surface area (Å²) in [6, 6.07) is 8.39. The Morgan fingerprint density at radius 1 is 1.22 bits per heavy atom. The summed E-state index contributed by atoms with van der Waals surface area (Å²) >= 11 is 0. The van der Waals surface area contributed by atoms with Crippen LogP contribution in [-0.2, 0) is 9.47 Å². The summed E-state index contributed by atoms with van der Waals surface area (Å²) in [6.45, 7) is 3.98. The Hall–Kier alpha value is -1.10. The molecule has 1 aliphatic rings. The van der Waals surface area contributed by atoms with Crippen LogP contribution in [0, 0.1) is 0 Å². The van der Waals surface area contributed by atoms with Crippen LogP contribution in [0.1, 0.15) is 18.5 Å². The van der Waals surface area contributed by atoms with Crippen molar-refractivity contribution in [3.8, 4) is 0 Å². The van der Waals surface area contributed by atoms with E-state index in [2.05, 4.69) is 17.9 Å². The topological polar surface area (TPSA) is 47.7 Å². The van der Waals surface area contributed by atoms with Gasteiger partial charge in [-0.05, 0) is 24.6 Å². The Bertz CT molecular complexity index is 385. The van der Waals surface area contributed by atoms with E-state index < -0.39 is 0 Å². The van der Waals surface area contributed by atoms with Crippen LogP contribution in [0.3, 0.4) is 0 Å². The molecule has 4 nitrogen and oxygen atoms in total. The minimum Gasteiger partial charge on any atom is -0.399 e. The van der Waals surface area contributed by atoms with Gasteiger partial charge in [0.2, 0.25) is 0 Å². The van der Waals surface area contributed by atoms with Crippen molar-refractivity contribution in [1.82, 2.24) is 4.90 Å². The lowest BCUT2D eigenvalue weighted by Gasteiger charge is -2.24. The maximum Gasteiger partial charge on any atom is 0.0972 e. The highest BCUT2D eigenvalue weighted by molar-refractivity contribution is 5.41. The number of nitrogen functional groups attached to an aromatic ring is 1. The fourth-order valence-corrected chi connectivity index (χ4v) is 2.57. The lowest BCUT2D eigenvalue weighted by molar-refractivity contribution is -0.00461. The third-order valence-electron chi connectivity index (χ3n) is 3.79. The maximum atomic E-state index is 5.83. The van der Waals surface area contributed by atoms with Crippen LogP contribution >= 0.6 is 0 Å². The highest BCUT2D eigenvalue weighted by Crippen LogP contribution is 2.27. The molecule has 1 fully saturated rings. The van der Waals surface area contributed by atoms with Gasteiger partial charge in [0.25, 0.3) is 0 Å². The first kappa shape index (κ1) is 13.3. The second kappa shape index (κ2) is 5.69. The summed E-state index contributed by atoms with van der Waals surface area (Å²) < 4.78 is 10.9. The molecule has 1 heterocycles. The van der Waals surface area contributed by atoms with Crippen LogP contribution in [0.4, 0.5) is 5.69 Å². The van der Waals surface area contributed by atoms with Gasteiger partial charge in [0.05, 0.1) is 12.2 Å². The third kappa shape index (κ3) is 2.66. The second-order valence-electron chi connectivity index (χ2n) is 4.85. The van der Waals surface area contributed by atoms with E-state index >= 15 is 0 Å². The number of anilines is 1. The standard InChI is InChI=1S/C14H22N2O2/c1-10(11-5-4-6-12(15)7-11)16-8-13(17-2)14(9-16)18-3/h4-7,10,13-14H,8-9,15H2,1-3H3. The van der Waals surface area contributed by atoms with Crippen molar-refractivity contribution in [3.63, 3.8) is 0 Å². The molecule has 1 aromatic carbocycles. The molecule has 1 aliphatic heterocycles. The van der Waals surface area contributed by atoms with E-state index in [1.807, 2.05) is 18.2 Å². The van der Waals surface area contributed by atoms with E-state index in [0.29, 0.717) is 6.04 Å². The highest BCUT2D eigenvalue weighted by atomic mass is 16.5. The zero-order valence-corrected chi connectivity index (χ0v) is 11.3. The van der Waals surface area contributed by atoms with Gasteiger partial charge in [0, 0.05) is 39.0 Å². The average molecular weight is 250 g/mol. The number of hydrogen-bond acceptors (Lipinski definition) is 4. The van der Waals surface area contributed by atoms with Crippen LogP contribution in [0.15, 0.2) is 24.3 Å². The highest BCUT2D eigenvalue weighted by Gasteiger charge is 2.35. The quantitative estimate of drug-likeness (QED) is 0.826. The molecule has 0 bridgehead atoms. The minimum absolute atomic E-state index is 0.151. The van der Waals surface area contributed by atoms with Crippen molar-refractivity contribution in [3.05, 3.63) is 29.8 Å². The molecule has 1 aromatic rings. The van der Waals surface area contributed by atoms with Gasteiger partial charge in [-0.25, -0.2) is 0 Å². The molecule has 4 heteroatoms. The summed E-state index contributed by atoms with van der Waals surface area (Å²) in [5.74, 6) is 0. The SMILES string of the molecule is COC1CN(C(C)c2cccc(N)c2)CC1OC. The number of methoxy groups -OCH3 is 2. The number of hydrogen-bond donors (Lipinski definition) is 1. The van der Waals surface area contributed by atoms with Crippen LogP contribution in [0.25, 0.3) is 0 Å². The fourth-order valence-electron chi connectivity index (χ4n) is 2.57. The lowest BCUT2D eigenvalue weighted by Crippen LogP contribution is -2.27. The first-order chi connectivity index (χ1) is 8.65. The van der Waals surface area contributed by atoms with Crippen molar-refractivity contribution < 1.29 is 9.47 Å². The van der Waals surface area contributed by atoms with Crippen molar-refractivity contribution >= 4 is 5.69 Å².